The number of piperidine rings is 1. The number of anilines is 1. The fourth-order valence-electron chi connectivity index (χ4n) is 3.06. The molecule has 2 rings (SSSR count). The second-order valence-corrected chi connectivity index (χ2v) is 6.60. The van der Waals surface area contributed by atoms with E-state index in [9.17, 15) is 9.90 Å². The molecule has 122 valence electrons. The number of aliphatic hydroxyl groups is 1. The molecule has 0 bridgehead atoms. The van der Waals surface area contributed by atoms with E-state index >= 15 is 0 Å². The number of nitrogens with one attached hydrogen (secondary N) is 1. The van der Waals surface area contributed by atoms with Crippen LogP contribution < -0.4 is 5.32 Å². The highest BCUT2D eigenvalue weighted by molar-refractivity contribution is 5.95. The smallest absolute Gasteiger partial charge is 0.241 e. The summed E-state index contributed by atoms with van der Waals surface area (Å²) in [5, 5.41) is 12.7. The van der Waals surface area contributed by atoms with Gasteiger partial charge in [-0.25, -0.2) is 0 Å². The second kappa shape index (κ2) is 7.25. The van der Waals surface area contributed by atoms with Gasteiger partial charge >= 0.3 is 0 Å². The van der Waals surface area contributed by atoms with E-state index in [-0.39, 0.29) is 18.1 Å². The number of likely N-dealkylation sites (tertiary alicyclic amines) is 1. The van der Waals surface area contributed by atoms with Crippen LogP contribution in [-0.2, 0) is 4.79 Å². The molecule has 2 N–H and O–H groups in total. The average molecular weight is 304 g/mol. The van der Waals surface area contributed by atoms with E-state index in [0.29, 0.717) is 5.92 Å². The Labute approximate surface area is 133 Å². The zero-order valence-electron chi connectivity index (χ0n) is 14.1. The van der Waals surface area contributed by atoms with Gasteiger partial charge < -0.3 is 10.4 Å². The number of amides is 1. The minimum absolute atomic E-state index is 0.0456. The highest BCUT2D eigenvalue weighted by atomic mass is 16.3. The number of carbonyl (C=O) groups excluding carboxylic acids is 1. The maximum absolute atomic E-state index is 12.5. The van der Waals surface area contributed by atoms with Crippen molar-refractivity contribution < 1.29 is 9.90 Å². The average Bonchev–Trinajstić information content (AvgIpc) is 2.50. The Bertz CT molecular complexity index is 520. The van der Waals surface area contributed by atoms with Crippen molar-refractivity contribution in [3.05, 3.63) is 29.3 Å². The molecular formula is C18H28N2O2. The number of nitrogens with zero attached hydrogens (tertiary/aromatic N) is 1. The van der Waals surface area contributed by atoms with Gasteiger partial charge in [-0.05, 0) is 76.7 Å². The van der Waals surface area contributed by atoms with Gasteiger partial charge in [-0.15, -0.1) is 0 Å². The first kappa shape index (κ1) is 17.0. The van der Waals surface area contributed by atoms with Crippen LogP contribution in [0.4, 0.5) is 5.69 Å². The molecule has 1 fully saturated rings. The lowest BCUT2D eigenvalue weighted by atomic mass is 9.91. The number of aliphatic hydroxyl groups excluding tert-OH is 1. The van der Waals surface area contributed by atoms with E-state index in [0.717, 1.165) is 42.7 Å². The van der Waals surface area contributed by atoms with Crippen LogP contribution >= 0.6 is 0 Å². The van der Waals surface area contributed by atoms with Crippen molar-refractivity contribution in [2.45, 2.75) is 52.7 Å². The molecule has 0 aromatic heterocycles. The molecule has 1 heterocycles. The summed E-state index contributed by atoms with van der Waals surface area (Å²) >= 11 is 0. The highest BCUT2D eigenvalue weighted by Crippen LogP contribution is 2.23. The summed E-state index contributed by atoms with van der Waals surface area (Å²) in [6.07, 6.45) is 1.67. The lowest BCUT2D eigenvalue weighted by molar-refractivity contribution is -0.121. The van der Waals surface area contributed by atoms with Crippen molar-refractivity contribution in [3.63, 3.8) is 0 Å². The van der Waals surface area contributed by atoms with E-state index in [4.69, 9.17) is 0 Å². The first-order chi connectivity index (χ1) is 10.4. The van der Waals surface area contributed by atoms with E-state index in [2.05, 4.69) is 16.3 Å². The SMILES string of the molecule is Cc1ccc(C)c(NC(=O)C(C)N2CCC(C(C)O)CC2)c1. The zero-order chi connectivity index (χ0) is 16.3. The summed E-state index contributed by atoms with van der Waals surface area (Å²) in [5.41, 5.74) is 3.13. The second-order valence-electron chi connectivity index (χ2n) is 6.60. The standard InChI is InChI=1S/C18H28N2O2/c1-12-5-6-13(2)17(11-12)19-18(22)14(3)20-9-7-16(8-10-20)15(4)21/h5-6,11,14-16,21H,7-10H2,1-4H3,(H,19,22). The summed E-state index contributed by atoms with van der Waals surface area (Å²) in [6.45, 7) is 9.60. The maximum Gasteiger partial charge on any atom is 0.241 e. The Morgan fingerprint density at radius 1 is 1.27 bits per heavy atom. The highest BCUT2D eigenvalue weighted by Gasteiger charge is 2.28. The molecule has 1 amide bonds. The third-order valence-corrected chi connectivity index (χ3v) is 4.83. The molecule has 0 aliphatic carbocycles. The Morgan fingerprint density at radius 2 is 1.91 bits per heavy atom. The molecule has 1 aromatic rings. The third kappa shape index (κ3) is 4.08. The van der Waals surface area contributed by atoms with E-state index in [1.807, 2.05) is 39.8 Å². The lowest BCUT2D eigenvalue weighted by Crippen LogP contribution is -2.47. The summed E-state index contributed by atoms with van der Waals surface area (Å²) in [7, 11) is 0. The number of hydrogen-bond acceptors (Lipinski definition) is 3. The monoisotopic (exact) mass is 304 g/mol. The molecule has 1 saturated heterocycles. The van der Waals surface area contributed by atoms with Crippen molar-refractivity contribution in [2.75, 3.05) is 18.4 Å². The molecule has 0 saturated carbocycles. The van der Waals surface area contributed by atoms with Crippen molar-refractivity contribution >= 4 is 11.6 Å². The van der Waals surface area contributed by atoms with Crippen LogP contribution in [0, 0.1) is 19.8 Å². The van der Waals surface area contributed by atoms with Gasteiger partial charge in [0, 0.05) is 5.69 Å². The van der Waals surface area contributed by atoms with Crippen molar-refractivity contribution in [1.82, 2.24) is 4.90 Å². The molecule has 0 radical (unpaired) electrons. The summed E-state index contributed by atoms with van der Waals surface area (Å²) < 4.78 is 0. The van der Waals surface area contributed by atoms with Crippen LogP contribution in [0.5, 0.6) is 0 Å². The van der Waals surface area contributed by atoms with Crippen LogP contribution in [0.1, 0.15) is 37.8 Å². The van der Waals surface area contributed by atoms with E-state index in [1.54, 1.807) is 0 Å². The fourth-order valence-corrected chi connectivity index (χ4v) is 3.06. The first-order valence-electron chi connectivity index (χ1n) is 8.18. The summed E-state index contributed by atoms with van der Waals surface area (Å²) in [6, 6.07) is 5.95. The van der Waals surface area contributed by atoms with Crippen LogP contribution in [0.25, 0.3) is 0 Å². The third-order valence-electron chi connectivity index (χ3n) is 4.83. The van der Waals surface area contributed by atoms with Gasteiger partial charge in [-0.2, -0.15) is 0 Å². The lowest BCUT2D eigenvalue weighted by Gasteiger charge is -2.36. The Kier molecular flexibility index (Phi) is 5.59. The number of benzene rings is 1. The van der Waals surface area contributed by atoms with Gasteiger partial charge in [-0.3, -0.25) is 9.69 Å². The Morgan fingerprint density at radius 3 is 2.50 bits per heavy atom. The molecule has 1 aliphatic rings. The van der Waals surface area contributed by atoms with Crippen molar-refractivity contribution in [2.24, 2.45) is 5.92 Å². The van der Waals surface area contributed by atoms with E-state index < -0.39 is 0 Å². The minimum atomic E-state index is -0.249. The number of rotatable bonds is 4. The predicted molar refractivity (Wildman–Crippen MR) is 90.0 cm³/mol. The largest absolute Gasteiger partial charge is 0.393 e. The van der Waals surface area contributed by atoms with Crippen LogP contribution in [-0.4, -0.2) is 41.1 Å². The molecular weight excluding hydrogens is 276 g/mol. The predicted octanol–water partition coefficient (Wildman–Crippen LogP) is 2.72. The van der Waals surface area contributed by atoms with Gasteiger partial charge in [-0.1, -0.05) is 12.1 Å². The molecule has 2 atom stereocenters. The molecule has 22 heavy (non-hydrogen) atoms. The summed E-state index contributed by atoms with van der Waals surface area (Å²) in [4.78, 5) is 14.7. The van der Waals surface area contributed by atoms with Crippen molar-refractivity contribution in [1.29, 1.82) is 0 Å². The minimum Gasteiger partial charge on any atom is -0.393 e. The van der Waals surface area contributed by atoms with Gasteiger partial charge in [0.05, 0.1) is 12.1 Å². The number of hydrogen-bond donors (Lipinski definition) is 2. The Balaban J connectivity index is 1.94. The Hall–Kier alpha value is -1.39. The quantitative estimate of drug-likeness (QED) is 0.899. The molecule has 2 unspecified atom stereocenters. The molecule has 1 aromatic carbocycles. The topological polar surface area (TPSA) is 52.6 Å². The number of carbonyl (C=O) groups is 1. The van der Waals surface area contributed by atoms with Gasteiger partial charge in [0.15, 0.2) is 0 Å². The molecule has 1 aliphatic heterocycles. The number of aryl methyl sites for hydroxylation is 2. The fraction of sp³-hybridized carbons (Fsp3) is 0.611. The van der Waals surface area contributed by atoms with Gasteiger partial charge in [0.25, 0.3) is 0 Å². The van der Waals surface area contributed by atoms with Gasteiger partial charge in [0.2, 0.25) is 5.91 Å². The van der Waals surface area contributed by atoms with Crippen LogP contribution in [0.3, 0.4) is 0 Å². The molecule has 4 nitrogen and oxygen atoms in total. The first-order valence-corrected chi connectivity index (χ1v) is 8.18. The molecule has 4 heteroatoms. The molecule has 0 spiro atoms. The zero-order valence-corrected chi connectivity index (χ0v) is 14.1. The van der Waals surface area contributed by atoms with E-state index in [1.165, 1.54) is 0 Å². The van der Waals surface area contributed by atoms with Gasteiger partial charge in [0.1, 0.15) is 0 Å². The normalized spacial score (nSPS) is 19.7. The maximum atomic E-state index is 12.5. The summed E-state index contributed by atoms with van der Waals surface area (Å²) in [5.74, 6) is 0.412. The van der Waals surface area contributed by atoms with Crippen LogP contribution in [0.15, 0.2) is 18.2 Å². The van der Waals surface area contributed by atoms with Crippen LogP contribution in [0.2, 0.25) is 0 Å². The van der Waals surface area contributed by atoms with Crippen molar-refractivity contribution in [3.8, 4) is 0 Å².